The number of alkyl halides is 3. The number of methoxy groups -OCH3 is 1. The van der Waals surface area contributed by atoms with Crippen molar-refractivity contribution in [2.45, 2.75) is 17.5 Å². The smallest absolute Gasteiger partial charge is 0.385 e. The molecule has 0 spiro atoms. The molecule has 0 aromatic heterocycles. The van der Waals surface area contributed by atoms with Gasteiger partial charge in [0.25, 0.3) is 10.0 Å². The molecule has 6 nitrogen and oxygen atoms in total. The van der Waals surface area contributed by atoms with E-state index in [0.29, 0.717) is 23.4 Å². The largest absolute Gasteiger partial charge is 0.416 e. The highest BCUT2D eigenvalue weighted by Crippen LogP contribution is 2.37. The van der Waals surface area contributed by atoms with Crippen LogP contribution >= 0.6 is 11.6 Å². The van der Waals surface area contributed by atoms with Gasteiger partial charge in [0.15, 0.2) is 0 Å². The van der Waals surface area contributed by atoms with E-state index >= 15 is 0 Å². The minimum atomic E-state index is -4.72. The number of ether oxygens (including phenoxy) is 1. The van der Waals surface area contributed by atoms with Crippen molar-refractivity contribution in [3.63, 3.8) is 0 Å². The van der Waals surface area contributed by atoms with E-state index in [4.69, 9.17) is 16.3 Å². The third-order valence-electron chi connectivity index (χ3n) is 4.01. The van der Waals surface area contributed by atoms with Crippen LogP contribution in [0, 0.1) is 0 Å². The summed E-state index contributed by atoms with van der Waals surface area (Å²) >= 11 is 6.04. The Hall–Kier alpha value is -2.30. The summed E-state index contributed by atoms with van der Waals surface area (Å²) in [5.74, 6) is -0.695. The molecule has 0 saturated carbocycles. The van der Waals surface area contributed by atoms with Gasteiger partial charge in [0.1, 0.15) is 6.54 Å². The Morgan fingerprint density at radius 1 is 1.17 bits per heavy atom. The number of halogens is 4. The van der Waals surface area contributed by atoms with Crippen LogP contribution in [-0.2, 0) is 25.7 Å². The van der Waals surface area contributed by atoms with Gasteiger partial charge in [-0.25, -0.2) is 8.42 Å². The molecular weight excluding hydrogens is 445 g/mol. The van der Waals surface area contributed by atoms with Crippen molar-refractivity contribution < 1.29 is 31.1 Å². The van der Waals surface area contributed by atoms with E-state index in [9.17, 15) is 26.4 Å². The van der Waals surface area contributed by atoms with Crippen LogP contribution in [0.5, 0.6) is 0 Å². The van der Waals surface area contributed by atoms with Crippen LogP contribution in [0.1, 0.15) is 12.0 Å². The van der Waals surface area contributed by atoms with Gasteiger partial charge in [-0.2, -0.15) is 13.2 Å². The number of hydrogen-bond acceptors (Lipinski definition) is 4. The lowest BCUT2D eigenvalue weighted by molar-refractivity contribution is -0.137. The zero-order chi connectivity index (χ0) is 22.4. The molecule has 0 atom stereocenters. The van der Waals surface area contributed by atoms with Crippen LogP contribution in [0.3, 0.4) is 0 Å². The molecular formula is C19H20ClF3N2O4S. The van der Waals surface area contributed by atoms with E-state index in [2.05, 4.69) is 5.32 Å². The molecule has 2 aromatic carbocycles. The van der Waals surface area contributed by atoms with Crippen molar-refractivity contribution in [1.82, 2.24) is 5.32 Å². The number of carbonyl (C=O) groups excluding carboxylic acids is 1. The molecule has 0 bridgehead atoms. The van der Waals surface area contributed by atoms with Crippen LogP contribution in [0.15, 0.2) is 53.4 Å². The maximum Gasteiger partial charge on any atom is 0.416 e. The van der Waals surface area contributed by atoms with Gasteiger partial charge >= 0.3 is 6.18 Å². The van der Waals surface area contributed by atoms with Gasteiger partial charge in [0, 0.05) is 20.3 Å². The molecule has 30 heavy (non-hydrogen) atoms. The molecule has 0 unspecified atom stereocenters. The molecule has 2 rings (SSSR count). The monoisotopic (exact) mass is 464 g/mol. The summed E-state index contributed by atoms with van der Waals surface area (Å²) in [6.45, 7) is -0.154. The van der Waals surface area contributed by atoms with Gasteiger partial charge < -0.3 is 10.1 Å². The molecule has 0 heterocycles. The Labute approximate surface area is 177 Å². The Kier molecular flexibility index (Phi) is 8.10. The Balaban J connectivity index is 2.46. The predicted octanol–water partition coefficient (Wildman–Crippen LogP) is 3.71. The number of benzene rings is 2. The molecule has 0 aliphatic carbocycles. The van der Waals surface area contributed by atoms with E-state index < -0.39 is 39.9 Å². The van der Waals surface area contributed by atoms with Gasteiger partial charge in [0.2, 0.25) is 5.91 Å². The number of amides is 1. The highest BCUT2D eigenvalue weighted by atomic mass is 35.5. The number of rotatable bonds is 9. The molecule has 0 aliphatic heterocycles. The zero-order valence-corrected chi connectivity index (χ0v) is 17.5. The zero-order valence-electron chi connectivity index (χ0n) is 15.9. The van der Waals surface area contributed by atoms with Gasteiger partial charge in [0.05, 0.1) is 21.2 Å². The van der Waals surface area contributed by atoms with Crippen molar-refractivity contribution in [2.24, 2.45) is 0 Å². The van der Waals surface area contributed by atoms with E-state index in [1.807, 2.05) is 0 Å². The van der Waals surface area contributed by atoms with Gasteiger partial charge in [-0.1, -0.05) is 29.8 Å². The number of hydrogen-bond donors (Lipinski definition) is 1. The summed E-state index contributed by atoms with van der Waals surface area (Å²) in [5, 5.41) is 2.27. The number of nitrogens with zero attached hydrogens (tertiary/aromatic N) is 1. The third kappa shape index (κ3) is 6.10. The first-order chi connectivity index (χ1) is 14.1. The van der Waals surface area contributed by atoms with Crippen LogP contribution in [0.2, 0.25) is 5.02 Å². The number of sulfonamides is 1. The molecule has 164 valence electrons. The quantitative estimate of drug-likeness (QED) is 0.574. The molecule has 2 aromatic rings. The van der Waals surface area contributed by atoms with Crippen LogP contribution in [0.25, 0.3) is 0 Å². The van der Waals surface area contributed by atoms with E-state index in [1.165, 1.54) is 31.4 Å². The van der Waals surface area contributed by atoms with Crippen LogP contribution in [-0.4, -0.2) is 41.1 Å². The summed E-state index contributed by atoms with van der Waals surface area (Å²) < 4.78 is 71.3. The fourth-order valence-corrected chi connectivity index (χ4v) is 4.25. The summed E-state index contributed by atoms with van der Waals surface area (Å²) in [6, 6.07) is 9.37. The average Bonchev–Trinajstić information content (AvgIpc) is 2.70. The molecule has 1 N–H and O–H groups in total. The SMILES string of the molecule is COCCCNC(=O)CN(c1cc(C(F)(F)F)ccc1Cl)S(=O)(=O)c1ccccc1. The molecule has 0 aliphatic rings. The van der Waals surface area contributed by atoms with Crippen LogP contribution < -0.4 is 9.62 Å². The number of carbonyl (C=O) groups is 1. The lowest BCUT2D eigenvalue weighted by Crippen LogP contribution is -2.41. The third-order valence-corrected chi connectivity index (χ3v) is 6.10. The minimum Gasteiger partial charge on any atom is -0.385 e. The van der Waals surface area contributed by atoms with Crippen molar-refractivity contribution in [2.75, 3.05) is 31.1 Å². The Morgan fingerprint density at radius 3 is 2.43 bits per heavy atom. The Bertz CT molecular complexity index is 969. The second-order valence-electron chi connectivity index (χ2n) is 6.18. The van der Waals surface area contributed by atoms with Crippen molar-refractivity contribution in [3.05, 3.63) is 59.1 Å². The molecule has 0 fully saturated rings. The maximum absolute atomic E-state index is 13.2. The standard InChI is InChI=1S/C19H20ClF3N2O4S/c1-29-11-5-10-24-18(26)13-25(30(27,28)15-6-3-2-4-7-15)17-12-14(19(21,22)23)8-9-16(17)20/h2-4,6-9,12H,5,10-11,13H2,1H3,(H,24,26). The Morgan fingerprint density at radius 2 is 1.83 bits per heavy atom. The topological polar surface area (TPSA) is 75.7 Å². The molecule has 0 radical (unpaired) electrons. The minimum absolute atomic E-state index is 0.189. The van der Waals surface area contributed by atoms with E-state index in [0.717, 1.165) is 12.1 Å². The first-order valence-corrected chi connectivity index (χ1v) is 10.6. The molecule has 1 amide bonds. The van der Waals surface area contributed by atoms with Gasteiger partial charge in [-0.3, -0.25) is 9.10 Å². The summed E-state index contributed by atoms with van der Waals surface area (Å²) in [4.78, 5) is 12.1. The lowest BCUT2D eigenvalue weighted by atomic mass is 10.2. The molecule has 11 heteroatoms. The number of nitrogens with one attached hydrogen (secondary N) is 1. The van der Waals surface area contributed by atoms with Crippen molar-refractivity contribution >= 4 is 33.2 Å². The fraction of sp³-hybridized carbons (Fsp3) is 0.316. The van der Waals surface area contributed by atoms with Crippen molar-refractivity contribution in [3.8, 4) is 0 Å². The first-order valence-electron chi connectivity index (χ1n) is 8.77. The highest BCUT2D eigenvalue weighted by Gasteiger charge is 2.34. The predicted molar refractivity (Wildman–Crippen MR) is 107 cm³/mol. The highest BCUT2D eigenvalue weighted by molar-refractivity contribution is 7.92. The maximum atomic E-state index is 13.2. The summed E-state index contributed by atoms with van der Waals surface area (Å²) in [7, 11) is -2.88. The van der Waals surface area contributed by atoms with Gasteiger partial charge in [-0.05, 0) is 36.8 Å². The van der Waals surface area contributed by atoms with Crippen molar-refractivity contribution in [1.29, 1.82) is 0 Å². The summed E-state index contributed by atoms with van der Waals surface area (Å²) in [5.41, 5.74) is -1.53. The summed E-state index contributed by atoms with van der Waals surface area (Å²) in [6.07, 6.45) is -4.23. The lowest BCUT2D eigenvalue weighted by Gasteiger charge is -2.25. The fourth-order valence-electron chi connectivity index (χ4n) is 2.53. The number of anilines is 1. The van der Waals surface area contributed by atoms with E-state index in [1.54, 1.807) is 6.07 Å². The average molecular weight is 465 g/mol. The normalized spacial score (nSPS) is 11.9. The second-order valence-corrected chi connectivity index (χ2v) is 8.45. The van der Waals surface area contributed by atoms with Gasteiger partial charge in [-0.15, -0.1) is 0 Å². The second kappa shape index (κ2) is 10.1. The molecule has 0 saturated heterocycles. The van der Waals surface area contributed by atoms with Crippen LogP contribution in [0.4, 0.5) is 18.9 Å². The van der Waals surface area contributed by atoms with E-state index in [-0.39, 0.29) is 16.5 Å². The first kappa shape index (κ1) is 24.0.